The molecule has 0 aromatic carbocycles. The third-order valence-corrected chi connectivity index (χ3v) is 4.45. The molecule has 2 heterocycles. The van der Waals surface area contributed by atoms with Crippen LogP contribution >= 0.6 is 11.6 Å². The van der Waals surface area contributed by atoms with Crippen molar-refractivity contribution in [1.82, 2.24) is 14.5 Å². The number of halogens is 1. The van der Waals surface area contributed by atoms with Crippen molar-refractivity contribution in [2.45, 2.75) is 51.0 Å². The first kappa shape index (κ1) is 14.3. The zero-order valence-corrected chi connectivity index (χ0v) is 12.7. The first-order chi connectivity index (χ1) is 10.1. The first-order valence-electron chi connectivity index (χ1n) is 7.34. The van der Waals surface area contributed by atoms with Gasteiger partial charge in [-0.05, 0) is 25.8 Å². The zero-order valence-electron chi connectivity index (χ0n) is 11.9. The van der Waals surface area contributed by atoms with Crippen molar-refractivity contribution in [3.63, 3.8) is 0 Å². The van der Waals surface area contributed by atoms with Crippen molar-refractivity contribution in [1.29, 1.82) is 0 Å². The Morgan fingerprint density at radius 3 is 2.81 bits per heavy atom. The Bertz CT molecular complexity index is 677. The fourth-order valence-corrected chi connectivity index (χ4v) is 3.27. The van der Waals surface area contributed by atoms with Gasteiger partial charge >= 0.3 is 5.97 Å². The summed E-state index contributed by atoms with van der Waals surface area (Å²) in [6.45, 7) is 1.67. The van der Waals surface area contributed by atoms with E-state index in [1.54, 1.807) is 23.8 Å². The van der Waals surface area contributed by atoms with Crippen molar-refractivity contribution in [2.75, 3.05) is 0 Å². The summed E-state index contributed by atoms with van der Waals surface area (Å²) in [6.07, 6.45) is 7.25. The monoisotopic (exact) mass is 307 g/mol. The lowest BCUT2D eigenvalue weighted by Gasteiger charge is -2.23. The van der Waals surface area contributed by atoms with E-state index < -0.39 is 12.0 Å². The molecule has 112 valence electrons. The van der Waals surface area contributed by atoms with Crippen molar-refractivity contribution in [2.24, 2.45) is 0 Å². The number of aromatic nitrogens is 3. The number of carboxylic acid groups (broad SMARTS) is 1. The topological polar surface area (TPSA) is 68.0 Å². The largest absolute Gasteiger partial charge is 0.480 e. The highest BCUT2D eigenvalue weighted by atomic mass is 35.5. The van der Waals surface area contributed by atoms with E-state index in [1.165, 1.54) is 19.3 Å². The van der Waals surface area contributed by atoms with Gasteiger partial charge in [0.2, 0.25) is 0 Å². The predicted molar refractivity (Wildman–Crippen MR) is 80.7 cm³/mol. The second-order valence-electron chi connectivity index (χ2n) is 5.69. The van der Waals surface area contributed by atoms with Crippen molar-refractivity contribution >= 4 is 28.7 Å². The van der Waals surface area contributed by atoms with Crippen LogP contribution in [0.3, 0.4) is 0 Å². The van der Waals surface area contributed by atoms with Gasteiger partial charge in [0, 0.05) is 12.1 Å². The van der Waals surface area contributed by atoms with Gasteiger partial charge in [0.25, 0.3) is 0 Å². The number of hydrogen-bond donors (Lipinski definition) is 1. The van der Waals surface area contributed by atoms with Gasteiger partial charge in [-0.15, -0.1) is 0 Å². The predicted octanol–water partition coefficient (Wildman–Crippen LogP) is 3.78. The molecule has 1 saturated carbocycles. The molecule has 1 aliphatic rings. The van der Waals surface area contributed by atoms with Gasteiger partial charge in [0.05, 0.1) is 5.02 Å². The highest BCUT2D eigenvalue weighted by Crippen LogP contribution is 2.35. The molecule has 2 aromatic heterocycles. The minimum Gasteiger partial charge on any atom is -0.480 e. The van der Waals surface area contributed by atoms with E-state index in [2.05, 4.69) is 9.97 Å². The number of fused-ring (bicyclic) bond motifs is 1. The summed E-state index contributed by atoms with van der Waals surface area (Å²) < 4.78 is 1.77. The van der Waals surface area contributed by atoms with Crippen LogP contribution < -0.4 is 0 Å². The molecule has 1 N–H and O–H groups in total. The van der Waals surface area contributed by atoms with Crippen molar-refractivity contribution in [3.05, 3.63) is 23.1 Å². The van der Waals surface area contributed by atoms with Gasteiger partial charge in [0.15, 0.2) is 5.65 Å². The number of carbonyl (C=O) groups is 1. The molecule has 5 nitrogen and oxygen atoms in total. The maximum absolute atomic E-state index is 11.4. The summed E-state index contributed by atoms with van der Waals surface area (Å²) in [7, 11) is 0. The van der Waals surface area contributed by atoms with Gasteiger partial charge in [-0.3, -0.25) is 4.57 Å². The molecule has 3 rings (SSSR count). The molecule has 2 aromatic rings. The molecule has 1 fully saturated rings. The Morgan fingerprint density at radius 2 is 2.14 bits per heavy atom. The van der Waals surface area contributed by atoms with Gasteiger partial charge in [-0.2, -0.15) is 0 Å². The van der Waals surface area contributed by atoms with E-state index in [0.29, 0.717) is 22.1 Å². The van der Waals surface area contributed by atoms with Crippen LogP contribution in [0.2, 0.25) is 5.02 Å². The smallest absolute Gasteiger partial charge is 0.326 e. The Kier molecular flexibility index (Phi) is 3.85. The molecule has 0 amide bonds. The summed E-state index contributed by atoms with van der Waals surface area (Å²) >= 11 is 5.98. The van der Waals surface area contributed by atoms with Crippen LogP contribution in [-0.4, -0.2) is 25.6 Å². The molecule has 6 heteroatoms. The molecular formula is C15H18ClN3O2. The Balaban J connectivity index is 2.16. The van der Waals surface area contributed by atoms with Crippen LogP contribution in [0.15, 0.2) is 12.3 Å². The molecular weight excluding hydrogens is 290 g/mol. The fourth-order valence-electron chi connectivity index (χ4n) is 3.12. The molecule has 0 aliphatic heterocycles. The van der Waals surface area contributed by atoms with E-state index in [0.717, 1.165) is 18.7 Å². The second kappa shape index (κ2) is 5.64. The number of nitrogens with zero attached hydrogens (tertiary/aromatic N) is 3. The number of rotatable bonds is 3. The van der Waals surface area contributed by atoms with E-state index in [9.17, 15) is 9.90 Å². The summed E-state index contributed by atoms with van der Waals surface area (Å²) in [5, 5.41) is 9.91. The summed E-state index contributed by atoms with van der Waals surface area (Å²) in [5.74, 6) is 0.283. The lowest BCUT2D eigenvalue weighted by molar-refractivity contribution is -0.140. The lowest BCUT2D eigenvalue weighted by atomic mass is 9.88. The van der Waals surface area contributed by atoms with E-state index >= 15 is 0 Å². The van der Waals surface area contributed by atoms with E-state index in [-0.39, 0.29) is 0 Å². The zero-order chi connectivity index (χ0) is 15.0. The maximum Gasteiger partial charge on any atom is 0.326 e. The van der Waals surface area contributed by atoms with Gasteiger partial charge in [0.1, 0.15) is 17.4 Å². The normalized spacial score (nSPS) is 18.0. The van der Waals surface area contributed by atoms with Gasteiger partial charge in [-0.1, -0.05) is 30.9 Å². The number of pyridine rings is 1. The molecule has 0 saturated heterocycles. The second-order valence-corrected chi connectivity index (χ2v) is 6.12. The molecule has 0 bridgehead atoms. The maximum atomic E-state index is 11.4. The third-order valence-electron chi connectivity index (χ3n) is 4.24. The average molecular weight is 308 g/mol. The quantitative estimate of drug-likeness (QED) is 0.937. The fraction of sp³-hybridized carbons (Fsp3) is 0.533. The summed E-state index contributed by atoms with van der Waals surface area (Å²) in [4.78, 5) is 20.4. The molecule has 1 unspecified atom stereocenters. The van der Waals surface area contributed by atoms with Crippen LogP contribution in [-0.2, 0) is 4.79 Å². The number of carboxylic acids is 1. The van der Waals surface area contributed by atoms with Crippen LogP contribution in [0.4, 0.5) is 0 Å². The minimum atomic E-state index is -0.872. The van der Waals surface area contributed by atoms with Crippen molar-refractivity contribution < 1.29 is 9.90 Å². The Morgan fingerprint density at radius 1 is 1.43 bits per heavy atom. The van der Waals surface area contributed by atoms with E-state index in [4.69, 9.17) is 11.6 Å². The molecule has 1 atom stereocenters. The number of imidazole rings is 1. The van der Waals surface area contributed by atoms with Gasteiger partial charge in [-0.25, -0.2) is 14.8 Å². The lowest BCUT2D eigenvalue weighted by Crippen LogP contribution is -2.21. The number of aliphatic carboxylic acids is 1. The highest BCUT2D eigenvalue weighted by Gasteiger charge is 2.27. The van der Waals surface area contributed by atoms with Crippen LogP contribution in [0.1, 0.15) is 56.8 Å². The minimum absolute atomic E-state index is 0.313. The molecule has 0 radical (unpaired) electrons. The Labute approximate surface area is 128 Å². The third kappa shape index (κ3) is 2.62. The van der Waals surface area contributed by atoms with Gasteiger partial charge < -0.3 is 5.11 Å². The summed E-state index contributed by atoms with van der Waals surface area (Å²) in [5.41, 5.74) is 1.28. The Hall–Kier alpha value is -1.62. The van der Waals surface area contributed by atoms with Crippen LogP contribution in [0.25, 0.3) is 11.2 Å². The highest BCUT2D eigenvalue weighted by molar-refractivity contribution is 6.31. The SMILES string of the molecule is CC(C(=O)O)n1c(C2CCCCC2)nc2cc(Cl)cnc21. The first-order valence-corrected chi connectivity index (χ1v) is 7.72. The van der Waals surface area contributed by atoms with Crippen molar-refractivity contribution in [3.8, 4) is 0 Å². The van der Waals surface area contributed by atoms with E-state index in [1.807, 2.05) is 0 Å². The van der Waals surface area contributed by atoms with Crippen LogP contribution in [0, 0.1) is 0 Å². The molecule has 21 heavy (non-hydrogen) atoms. The van der Waals surface area contributed by atoms with Crippen LogP contribution in [0.5, 0.6) is 0 Å². The number of hydrogen-bond acceptors (Lipinski definition) is 3. The molecule has 0 spiro atoms. The molecule has 1 aliphatic carbocycles. The summed E-state index contributed by atoms with van der Waals surface area (Å²) in [6, 6.07) is 1.07. The average Bonchev–Trinajstić information content (AvgIpc) is 2.85. The standard InChI is InChI=1S/C15H18ClN3O2/c1-9(15(20)21)19-13(10-5-3-2-4-6-10)18-12-7-11(16)8-17-14(12)19/h7-10H,2-6H2,1H3,(H,20,21).